The molecule has 0 atom stereocenters. The largest absolute Gasteiger partial charge is 0.508 e. The molecule has 5 rings (SSSR count). The third-order valence-electron chi connectivity index (χ3n) is 5.09. The fraction of sp³-hybridized carbons (Fsp3) is 0. The van der Waals surface area contributed by atoms with Crippen LogP contribution in [0.3, 0.4) is 0 Å². The van der Waals surface area contributed by atoms with E-state index < -0.39 is 0 Å². The fourth-order valence-corrected chi connectivity index (χ4v) is 3.99. The highest BCUT2D eigenvalue weighted by molar-refractivity contribution is 6.21. The number of nitriles is 2. The number of phenolic OH excluding ortho intramolecular Hbond substituents is 2. The molecule has 0 fully saturated rings. The van der Waals surface area contributed by atoms with E-state index in [4.69, 9.17) is 10.5 Å². The molecule has 0 spiro atoms. The first-order chi connectivity index (χ1) is 13.6. The summed E-state index contributed by atoms with van der Waals surface area (Å²) in [5, 5.41) is 45.4. The number of rotatable bonds is 0. The van der Waals surface area contributed by atoms with Crippen LogP contribution in [0.25, 0.3) is 43.1 Å². The molecule has 28 heavy (non-hydrogen) atoms. The summed E-state index contributed by atoms with van der Waals surface area (Å²) < 4.78 is 0. The summed E-state index contributed by atoms with van der Waals surface area (Å²) in [6, 6.07) is 13.6. The highest BCUT2D eigenvalue weighted by Gasteiger charge is 2.15. The first-order valence-electron chi connectivity index (χ1n) is 8.42. The smallest absolute Gasteiger partial charge is 0.206 e. The fourth-order valence-electron chi connectivity index (χ4n) is 3.99. The molecule has 0 aliphatic heterocycles. The van der Waals surface area contributed by atoms with Crippen molar-refractivity contribution in [3.05, 3.63) is 59.2 Å². The topological polar surface area (TPSA) is 113 Å². The van der Waals surface area contributed by atoms with Crippen molar-refractivity contribution < 1.29 is 10.2 Å². The van der Waals surface area contributed by atoms with Gasteiger partial charge in [-0.1, -0.05) is 0 Å². The average Bonchev–Trinajstić information content (AvgIpc) is 3.14. The molecule has 0 saturated heterocycles. The number of hydrogen-bond donors (Lipinski definition) is 2. The summed E-state index contributed by atoms with van der Waals surface area (Å²) in [4.78, 5) is 8.00. The summed E-state index contributed by atoms with van der Waals surface area (Å²) in [5.41, 5.74) is 0. The van der Waals surface area contributed by atoms with Gasteiger partial charge in [0.05, 0.1) is 10.7 Å². The molecule has 6 heteroatoms. The van der Waals surface area contributed by atoms with Crippen LogP contribution in [0.15, 0.2) is 58.5 Å². The minimum absolute atomic E-state index is 0.113. The minimum atomic E-state index is 0.113. The van der Waals surface area contributed by atoms with Crippen molar-refractivity contribution in [3.63, 3.8) is 0 Å². The maximum absolute atomic E-state index is 9.94. The van der Waals surface area contributed by atoms with Crippen molar-refractivity contribution in [3.8, 4) is 23.9 Å². The maximum atomic E-state index is 9.94. The molecule has 0 amide bonds. The Morgan fingerprint density at radius 3 is 1.32 bits per heavy atom. The van der Waals surface area contributed by atoms with E-state index in [0.29, 0.717) is 10.7 Å². The summed E-state index contributed by atoms with van der Waals surface area (Å²) in [5.74, 6) is 0.227. The van der Waals surface area contributed by atoms with E-state index in [1.54, 1.807) is 36.4 Å². The van der Waals surface area contributed by atoms with Crippen molar-refractivity contribution in [2.24, 2.45) is 9.98 Å². The van der Waals surface area contributed by atoms with E-state index in [0.717, 1.165) is 43.1 Å². The van der Waals surface area contributed by atoms with E-state index in [2.05, 4.69) is 9.98 Å². The van der Waals surface area contributed by atoms with Gasteiger partial charge in [0.1, 0.15) is 11.5 Å². The summed E-state index contributed by atoms with van der Waals surface area (Å²) in [6.45, 7) is 0. The Morgan fingerprint density at radius 2 is 0.929 bits per heavy atom. The normalized spacial score (nSPS) is 12.9. The maximum Gasteiger partial charge on any atom is 0.206 e. The second-order valence-electron chi connectivity index (χ2n) is 6.52. The molecular weight excluding hydrogens is 352 g/mol. The number of fused-ring (bicyclic) bond motifs is 6. The molecule has 130 valence electrons. The standard InChI is InChI=1S/C22H10N4O2/c23-9-25-21-13-3-1-11(27)5-15(13)17-7-20-18(8-19(17)21)16-6-12(28)2-4-14(16)22(20)26-10-24/h1-8,27-28H/b25-21+,26-22+. The Hall–Kier alpha value is -4.42. The Balaban J connectivity index is 2.14. The van der Waals surface area contributed by atoms with Gasteiger partial charge in [-0.2, -0.15) is 20.5 Å². The SMILES string of the molecule is N#C/N=c1\c2ccc(O)cc2c2cc3/c(=N/C#N)c4ccc(O)cc4c3cc12. The predicted molar refractivity (Wildman–Crippen MR) is 105 cm³/mol. The van der Waals surface area contributed by atoms with Crippen LogP contribution < -0.4 is 10.7 Å². The molecule has 0 aliphatic rings. The number of aromatic hydroxyl groups is 2. The molecule has 0 aliphatic carbocycles. The van der Waals surface area contributed by atoms with Gasteiger partial charge in [-0.3, -0.25) is 0 Å². The summed E-state index contributed by atoms with van der Waals surface area (Å²) >= 11 is 0. The Bertz CT molecular complexity index is 1530. The van der Waals surface area contributed by atoms with E-state index >= 15 is 0 Å². The van der Waals surface area contributed by atoms with E-state index in [1.807, 2.05) is 24.5 Å². The van der Waals surface area contributed by atoms with Crippen LogP contribution in [0.2, 0.25) is 0 Å². The lowest BCUT2D eigenvalue weighted by atomic mass is 10.1. The van der Waals surface area contributed by atoms with Crippen LogP contribution in [-0.2, 0) is 0 Å². The van der Waals surface area contributed by atoms with Gasteiger partial charge >= 0.3 is 0 Å². The quantitative estimate of drug-likeness (QED) is 0.411. The van der Waals surface area contributed by atoms with Gasteiger partial charge in [0.2, 0.25) is 12.4 Å². The van der Waals surface area contributed by atoms with Crippen LogP contribution >= 0.6 is 0 Å². The van der Waals surface area contributed by atoms with Crippen LogP contribution in [0, 0.1) is 22.9 Å². The zero-order valence-corrected chi connectivity index (χ0v) is 14.3. The lowest BCUT2D eigenvalue weighted by Gasteiger charge is -1.96. The molecular formula is C22H10N4O2. The highest BCUT2D eigenvalue weighted by Crippen LogP contribution is 2.34. The molecule has 5 aromatic carbocycles. The predicted octanol–water partition coefficient (Wildman–Crippen LogP) is 3.35. The zero-order chi connectivity index (χ0) is 19.4. The summed E-state index contributed by atoms with van der Waals surface area (Å²) in [6.07, 6.45) is 3.70. The Labute approximate surface area is 157 Å². The summed E-state index contributed by atoms with van der Waals surface area (Å²) in [7, 11) is 0. The first-order valence-corrected chi connectivity index (χ1v) is 8.42. The average molecular weight is 362 g/mol. The van der Waals surface area contributed by atoms with E-state index in [1.165, 1.54) is 0 Å². The van der Waals surface area contributed by atoms with Crippen molar-refractivity contribution in [2.75, 3.05) is 0 Å². The van der Waals surface area contributed by atoms with Crippen molar-refractivity contribution in [1.29, 1.82) is 10.5 Å². The van der Waals surface area contributed by atoms with Crippen molar-refractivity contribution >= 4 is 43.1 Å². The van der Waals surface area contributed by atoms with Crippen LogP contribution in [0.4, 0.5) is 0 Å². The van der Waals surface area contributed by atoms with Gasteiger partial charge in [0.15, 0.2) is 0 Å². The van der Waals surface area contributed by atoms with Gasteiger partial charge in [-0.25, -0.2) is 0 Å². The molecule has 2 N–H and O–H groups in total. The van der Waals surface area contributed by atoms with Gasteiger partial charge in [-0.05, 0) is 70.1 Å². The second kappa shape index (κ2) is 5.54. The molecule has 5 aromatic rings. The molecule has 0 unspecified atom stereocenters. The Kier molecular flexibility index (Phi) is 3.13. The Morgan fingerprint density at radius 1 is 0.536 bits per heavy atom. The van der Waals surface area contributed by atoms with Gasteiger partial charge in [0, 0.05) is 21.5 Å². The van der Waals surface area contributed by atoms with Gasteiger partial charge in [0.25, 0.3) is 0 Å². The number of benzene rings is 3. The molecule has 0 saturated carbocycles. The van der Waals surface area contributed by atoms with Gasteiger partial charge < -0.3 is 10.2 Å². The molecule has 0 aromatic heterocycles. The number of nitrogens with zero attached hydrogens (tertiary/aromatic N) is 4. The van der Waals surface area contributed by atoms with Crippen LogP contribution in [-0.4, -0.2) is 10.2 Å². The minimum Gasteiger partial charge on any atom is -0.508 e. The first kappa shape index (κ1) is 15.8. The van der Waals surface area contributed by atoms with Crippen molar-refractivity contribution in [2.45, 2.75) is 0 Å². The third kappa shape index (κ3) is 2.00. The van der Waals surface area contributed by atoms with Crippen LogP contribution in [0.5, 0.6) is 11.5 Å². The lowest BCUT2D eigenvalue weighted by Crippen LogP contribution is -1.99. The lowest BCUT2D eigenvalue weighted by molar-refractivity contribution is 0.475. The molecule has 0 heterocycles. The number of phenols is 2. The van der Waals surface area contributed by atoms with E-state index in [9.17, 15) is 10.2 Å². The monoisotopic (exact) mass is 362 g/mol. The van der Waals surface area contributed by atoms with Crippen LogP contribution in [0.1, 0.15) is 0 Å². The molecule has 0 bridgehead atoms. The zero-order valence-electron chi connectivity index (χ0n) is 14.3. The third-order valence-corrected chi connectivity index (χ3v) is 5.09. The number of hydrogen-bond acceptors (Lipinski definition) is 6. The van der Waals surface area contributed by atoms with E-state index in [-0.39, 0.29) is 11.5 Å². The second-order valence-corrected chi connectivity index (χ2v) is 6.52. The molecule has 0 radical (unpaired) electrons. The molecule has 6 nitrogen and oxygen atoms in total. The highest BCUT2D eigenvalue weighted by atomic mass is 16.3. The van der Waals surface area contributed by atoms with Crippen molar-refractivity contribution in [1.82, 2.24) is 0 Å². The van der Waals surface area contributed by atoms with Gasteiger partial charge in [-0.15, -0.1) is 0 Å².